The normalized spacial score (nSPS) is 40.7. The Labute approximate surface area is 294 Å². The number of ether oxygens (including phenoxy) is 1. The van der Waals surface area contributed by atoms with Gasteiger partial charge < -0.3 is 25.2 Å². The highest BCUT2D eigenvalue weighted by Gasteiger charge is 2.60. The number of carbonyl (C=O) groups is 2. The van der Waals surface area contributed by atoms with Gasteiger partial charge in [-0.25, -0.2) is 4.39 Å². The van der Waals surface area contributed by atoms with E-state index in [9.17, 15) is 9.59 Å². The Balaban J connectivity index is 0.974. The third-order valence-electron chi connectivity index (χ3n) is 14.9. The fourth-order valence-electron chi connectivity index (χ4n) is 12.1. The van der Waals surface area contributed by atoms with E-state index in [0.717, 1.165) is 70.0 Å². The molecule has 8 rings (SSSR count). The van der Waals surface area contributed by atoms with Gasteiger partial charge in [-0.2, -0.15) is 0 Å². The van der Waals surface area contributed by atoms with E-state index in [1.807, 2.05) is 6.20 Å². The molecule has 5 aliphatic heterocycles. The molecule has 49 heavy (non-hydrogen) atoms. The molecule has 4 saturated heterocycles. The van der Waals surface area contributed by atoms with Gasteiger partial charge in [-0.1, -0.05) is 44.9 Å². The van der Waals surface area contributed by atoms with E-state index in [4.69, 9.17) is 4.74 Å². The summed E-state index contributed by atoms with van der Waals surface area (Å²) in [6, 6.07) is 0.148. The zero-order valence-electron chi connectivity index (χ0n) is 30.2. The molecule has 8 aliphatic rings. The molecule has 274 valence electrons. The van der Waals surface area contributed by atoms with Gasteiger partial charge >= 0.3 is 0 Å². The number of nitrogens with one attached hydrogen (secondary N) is 2. The molecule has 2 N–H and O–H groups in total. The summed E-state index contributed by atoms with van der Waals surface area (Å²) in [4.78, 5) is 35.1. The molecule has 0 radical (unpaired) electrons. The number of amides is 1. The summed E-state index contributed by atoms with van der Waals surface area (Å²) < 4.78 is 23.8. The Morgan fingerprint density at radius 2 is 1.63 bits per heavy atom. The van der Waals surface area contributed by atoms with Gasteiger partial charge in [0.2, 0.25) is 0 Å². The number of piperidine rings is 2. The van der Waals surface area contributed by atoms with E-state index in [-0.39, 0.29) is 54.0 Å². The first-order valence-corrected chi connectivity index (χ1v) is 20.7. The largest absolute Gasteiger partial charge is 0.369 e. The van der Waals surface area contributed by atoms with E-state index < -0.39 is 12.1 Å². The minimum absolute atomic E-state index is 0.0354. The number of hydrogen-bond donors (Lipinski definition) is 2. The fourth-order valence-corrected chi connectivity index (χ4v) is 12.1. The van der Waals surface area contributed by atoms with E-state index in [1.165, 1.54) is 77.3 Å². The summed E-state index contributed by atoms with van der Waals surface area (Å²) in [5.74, 6) is 2.02. The monoisotopic (exact) mass is 681 g/mol. The number of morpholine rings is 1. The lowest BCUT2D eigenvalue weighted by Crippen LogP contribution is -2.74. The lowest BCUT2D eigenvalue weighted by atomic mass is 9.64. The van der Waals surface area contributed by atoms with Crippen molar-refractivity contribution in [3.05, 3.63) is 11.8 Å². The molecule has 0 bridgehead atoms. The average Bonchev–Trinajstić information content (AvgIpc) is 3.53. The maximum Gasteiger partial charge on any atom is 0.256 e. The standard InChI is InChI=1S/C40H64FN5O3/c1-44-19-5-10-30(44)13-18-43-40(48)32-25-46-34-22-28-8-2-3-9-29(28)23-35(34)49-39-36(46)31(38(32)47)24-33(41)37(39)45-20-14-27(15-21-45)7-4-6-26-11-16-42-17-12-26/h25-31,33-37,39,42H,2-24H2,1H3,(H,43,48). The van der Waals surface area contributed by atoms with Crippen molar-refractivity contribution in [2.24, 2.45) is 29.6 Å². The van der Waals surface area contributed by atoms with Crippen LogP contribution in [0, 0.1) is 29.6 Å². The van der Waals surface area contributed by atoms with E-state index >= 15 is 4.39 Å². The first-order valence-electron chi connectivity index (χ1n) is 20.7. The lowest BCUT2D eigenvalue weighted by molar-refractivity contribution is -0.222. The van der Waals surface area contributed by atoms with Crippen molar-refractivity contribution < 1.29 is 18.7 Å². The molecule has 7 fully saturated rings. The summed E-state index contributed by atoms with van der Waals surface area (Å²) in [7, 11) is 2.15. The number of likely N-dealkylation sites (tertiary alicyclic amines) is 2. The van der Waals surface area contributed by atoms with Gasteiger partial charge in [0, 0.05) is 24.7 Å². The Bertz CT molecular complexity index is 1200. The van der Waals surface area contributed by atoms with Crippen LogP contribution in [0.1, 0.15) is 109 Å². The molecule has 0 aromatic heterocycles. The molecule has 9 heteroatoms. The Hall–Kier alpha value is -1.55. The van der Waals surface area contributed by atoms with Gasteiger partial charge in [-0.3, -0.25) is 14.5 Å². The van der Waals surface area contributed by atoms with Crippen molar-refractivity contribution in [1.29, 1.82) is 0 Å². The molecule has 3 saturated carbocycles. The zero-order valence-corrected chi connectivity index (χ0v) is 30.2. The number of nitrogens with zero attached hydrogens (tertiary/aromatic N) is 3. The average molecular weight is 682 g/mol. The fraction of sp³-hybridized carbons (Fsp3) is 0.900. The highest BCUT2D eigenvalue weighted by Crippen LogP contribution is 2.51. The number of carbonyl (C=O) groups excluding carboxylic acids is 2. The number of alkyl halides is 1. The molecule has 0 aromatic rings. The Kier molecular flexibility index (Phi) is 10.7. The molecular formula is C40H64FN5O3. The van der Waals surface area contributed by atoms with Crippen molar-refractivity contribution in [3.8, 4) is 0 Å². The molecule has 5 heterocycles. The maximum absolute atomic E-state index is 16.7. The number of fused-ring (bicyclic) bond motifs is 3. The number of hydrogen-bond acceptors (Lipinski definition) is 7. The van der Waals surface area contributed by atoms with Gasteiger partial charge in [-0.05, 0) is 128 Å². The summed E-state index contributed by atoms with van der Waals surface area (Å²) in [6.07, 6.45) is 20.1. The second-order valence-electron chi connectivity index (χ2n) is 17.6. The summed E-state index contributed by atoms with van der Waals surface area (Å²) in [5.41, 5.74) is 0.252. The first kappa shape index (κ1) is 34.5. The zero-order chi connectivity index (χ0) is 33.5. The molecular weight excluding hydrogens is 617 g/mol. The molecule has 0 aromatic carbocycles. The molecule has 10 unspecified atom stereocenters. The topological polar surface area (TPSA) is 77.2 Å². The second-order valence-corrected chi connectivity index (χ2v) is 17.6. The van der Waals surface area contributed by atoms with Crippen LogP contribution in [0.3, 0.4) is 0 Å². The molecule has 10 atom stereocenters. The van der Waals surface area contributed by atoms with E-state index in [1.54, 1.807) is 0 Å². The van der Waals surface area contributed by atoms with Crippen LogP contribution >= 0.6 is 0 Å². The Morgan fingerprint density at radius 3 is 2.37 bits per heavy atom. The first-order chi connectivity index (χ1) is 23.9. The van der Waals surface area contributed by atoms with Crippen LogP contribution in [0.5, 0.6) is 0 Å². The van der Waals surface area contributed by atoms with Crippen LogP contribution in [0.15, 0.2) is 11.8 Å². The van der Waals surface area contributed by atoms with Gasteiger partial charge in [0.05, 0.1) is 35.9 Å². The highest BCUT2D eigenvalue weighted by atomic mass is 19.1. The van der Waals surface area contributed by atoms with Crippen molar-refractivity contribution in [2.45, 2.75) is 152 Å². The van der Waals surface area contributed by atoms with Crippen molar-refractivity contribution in [3.63, 3.8) is 0 Å². The van der Waals surface area contributed by atoms with Crippen LogP contribution in [-0.2, 0) is 14.3 Å². The van der Waals surface area contributed by atoms with Gasteiger partial charge in [0.25, 0.3) is 5.91 Å². The lowest BCUT2D eigenvalue weighted by Gasteiger charge is -2.62. The molecule has 3 aliphatic carbocycles. The quantitative estimate of drug-likeness (QED) is 0.330. The minimum Gasteiger partial charge on any atom is -0.369 e. The molecule has 1 amide bonds. The van der Waals surface area contributed by atoms with Crippen molar-refractivity contribution in [2.75, 3.05) is 46.3 Å². The number of ketones is 1. The predicted molar refractivity (Wildman–Crippen MR) is 190 cm³/mol. The second kappa shape index (κ2) is 15.2. The summed E-state index contributed by atoms with van der Waals surface area (Å²) in [6.45, 7) is 5.87. The van der Waals surface area contributed by atoms with Gasteiger partial charge in [0.15, 0.2) is 5.78 Å². The Morgan fingerprint density at radius 1 is 0.898 bits per heavy atom. The van der Waals surface area contributed by atoms with Crippen LogP contribution in [0.25, 0.3) is 0 Å². The van der Waals surface area contributed by atoms with Crippen LogP contribution in [-0.4, -0.2) is 115 Å². The number of halogens is 1. The molecule has 0 spiro atoms. The number of Topliss-reactive ketones (excluding diaryl/α,β-unsaturated/α-hetero) is 1. The van der Waals surface area contributed by atoms with Crippen LogP contribution in [0.4, 0.5) is 4.39 Å². The smallest absolute Gasteiger partial charge is 0.256 e. The van der Waals surface area contributed by atoms with E-state index in [2.05, 4.69) is 32.4 Å². The van der Waals surface area contributed by atoms with Gasteiger partial charge in [0.1, 0.15) is 6.17 Å². The van der Waals surface area contributed by atoms with Gasteiger partial charge in [-0.15, -0.1) is 0 Å². The highest BCUT2D eigenvalue weighted by molar-refractivity contribution is 6.20. The summed E-state index contributed by atoms with van der Waals surface area (Å²) in [5, 5.41) is 6.60. The van der Waals surface area contributed by atoms with Crippen LogP contribution < -0.4 is 10.6 Å². The van der Waals surface area contributed by atoms with E-state index in [0.29, 0.717) is 24.4 Å². The number of rotatable bonds is 9. The SMILES string of the molecule is CN1CCCC1CCNC(=O)C1=CN2C3CC4CCCCC4CC3OC3C(N4CCC(CCCC5CCNCC5)CC4)C(F)CC(C1=O)C32. The summed E-state index contributed by atoms with van der Waals surface area (Å²) >= 11 is 0. The third kappa shape index (κ3) is 7.13. The van der Waals surface area contributed by atoms with Crippen molar-refractivity contribution in [1.82, 2.24) is 25.3 Å². The van der Waals surface area contributed by atoms with Crippen LogP contribution in [0.2, 0.25) is 0 Å². The third-order valence-corrected chi connectivity index (χ3v) is 14.9. The maximum atomic E-state index is 16.7. The predicted octanol–water partition coefficient (Wildman–Crippen LogP) is 5.07. The molecule has 8 nitrogen and oxygen atoms in total. The van der Waals surface area contributed by atoms with Crippen molar-refractivity contribution >= 4 is 11.7 Å². The minimum atomic E-state index is -1.13.